The second kappa shape index (κ2) is 14.0. The lowest BCUT2D eigenvalue weighted by Crippen LogP contribution is -2.45. The van der Waals surface area contributed by atoms with Gasteiger partial charge < -0.3 is 14.5 Å². The summed E-state index contributed by atoms with van der Waals surface area (Å²) in [5, 5.41) is 0. The SMILES string of the molecule is Cc1cccc2c1N(C(=O)COc1ccccc1)CCCN(C(C)C)CCN(C(=O)CN1CCc3ccccc3C1)C2. The molecular formula is C35H44N4O3. The van der Waals surface area contributed by atoms with Crippen LogP contribution in [0, 0.1) is 6.92 Å². The van der Waals surface area contributed by atoms with Gasteiger partial charge in [0, 0.05) is 51.9 Å². The molecule has 2 aliphatic heterocycles. The molecule has 0 bridgehead atoms. The van der Waals surface area contributed by atoms with Crippen molar-refractivity contribution in [3.8, 4) is 5.75 Å². The van der Waals surface area contributed by atoms with Crippen LogP contribution in [-0.2, 0) is 29.1 Å². The van der Waals surface area contributed by atoms with Crippen LogP contribution in [0.25, 0.3) is 0 Å². The molecule has 222 valence electrons. The van der Waals surface area contributed by atoms with Gasteiger partial charge in [-0.1, -0.05) is 60.7 Å². The fourth-order valence-electron chi connectivity index (χ4n) is 6.12. The Hall–Kier alpha value is -3.68. The minimum atomic E-state index is -0.0744. The Bertz CT molecular complexity index is 1360. The summed E-state index contributed by atoms with van der Waals surface area (Å²) in [7, 11) is 0. The minimum absolute atomic E-state index is 0.0369. The van der Waals surface area contributed by atoms with E-state index in [0.717, 1.165) is 55.8 Å². The van der Waals surface area contributed by atoms with Crippen LogP contribution < -0.4 is 9.64 Å². The maximum atomic E-state index is 13.9. The second-order valence-corrected chi connectivity index (χ2v) is 11.8. The smallest absolute Gasteiger partial charge is 0.264 e. The van der Waals surface area contributed by atoms with Gasteiger partial charge in [-0.3, -0.25) is 19.4 Å². The Kier molecular flexibility index (Phi) is 9.93. The largest absolute Gasteiger partial charge is 0.484 e. The van der Waals surface area contributed by atoms with E-state index < -0.39 is 0 Å². The highest BCUT2D eigenvalue weighted by Gasteiger charge is 2.27. The number of benzene rings is 3. The van der Waals surface area contributed by atoms with E-state index in [4.69, 9.17) is 4.74 Å². The van der Waals surface area contributed by atoms with Gasteiger partial charge >= 0.3 is 0 Å². The lowest BCUT2D eigenvalue weighted by molar-refractivity contribution is -0.133. The monoisotopic (exact) mass is 568 g/mol. The fraction of sp³-hybridized carbons (Fsp3) is 0.429. The van der Waals surface area contributed by atoms with Crippen molar-refractivity contribution < 1.29 is 14.3 Å². The molecule has 0 saturated heterocycles. The summed E-state index contributed by atoms with van der Waals surface area (Å²) < 4.78 is 5.89. The molecule has 0 fully saturated rings. The molecule has 0 aliphatic carbocycles. The highest BCUT2D eigenvalue weighted by molar-refractivity contribution is 5.96. The van der Waals surface area contributed by atoms with E-state index in [2.05, 4.69) is 67.0 Å². The van der Waals surface area contributed by atoms with Gasteiger partial charge in [-0.05, 0) is 68.0 Å². The molecular weight excluding hydrogens is 524 g/mol. The molecule has 2 aliphatic rings. The van der Waals surface area contributed by atoms with Gasteiger partial charge in [-0.25, -0.2) is 0 Å². The molecule has 0 radical (unpaired) electrons. The Balaban J connectivity index is 1.39. The normalized spacial score (nSPS) is 16.9. The fourth-order valence-corrected chi connectivity index (χ4v) is 6.12. The van der Waals surface area contributed by atoms with Crippen LogP contribution in [0.2, 0.25) is 0 Å². The van der Waals surface area contributed by atoms with Gasteiger partial charge in [0.2, 0.25) is 5.91 Å². The minimum Gasteiger partial charge on any atom is -0.484 e. The Morgan fingerprint density at radius 2 is 1.50 bits per heavy atom. The maximum absolute atomic E-state index is 13.9. The number of hydrogen-bond acceptors (Lipinski definition) is 5. The summed E-state index contributed by atoms with van der Waals surface area (Å²) >= 11 is 0. The zero-order valence-corrected chi connectivity index (χ0v) is 25.3. The Morgan fingerprint density at radius 1 is 0.762 bits per heavy atom. The van der Waals surface area contributed by atoms with E-state index in [1.165, 1.54) is 11.1 Å². The predicted octanol–water partition coefficient (Wildman–Crippen LogP) is 4.91. The van der Waals surface area contributed by atoms with Crippen molar-refractivity contribution in [3.63, 3.8) is 0 Å². The van der Waals surface area contributed by atoms with Crippen molar-refractivity contribution in [2.75, 3.05) is 50.8 Å². The van der Waals surface area contributed by atoms with Gasteiger partial charge in [-0.2, -0.15) is 0 Å². The van der Waals surface area contributed by atoms with Gasteiger partial charge in [0.15, 0.2) is 6.61 Å². The zero-order chi connectivity index (χ0) is 29.5. The summed E-state index contributed by atoms with van der Waals surface area (Å²) in [5.74, 6) is 0.737. The molecule has 2 amide bonds. The molecule has 0 unspecified atom stereocenters. The lowest BCUT2D eigenvalue weighted by atomic mass is 10.00. The van der Waals surface area contributed by atoms with Crippen LogP contribution in [0.15, 0.2) is 72.8 Å². The Morgan fingerprint density at radius 3 is 2.29 bits per heavy atom. The highest BCUT2D eigenvalue weighted by Crippen LogP contribution is 2.28. The van der Waals surface area contributed by atoms with Crippen LogP contribution >= 0.6 is 0 Å². The number of ether oxygens (including phenoxy) is 1. The van der Waals surface area contributed by atoms with E-state index in [1.54, 1.807) is 0 Å². The summed E-state index contributed by atoms with van der Waals surface area (Å²) in [5.41, 5.74) is 5.63. The summed E-state index contributed by atoms with van der Waals surface area (Å²) in [6.07, 6.45) is 1.80. The number of carbonyl (C=O) groups excluding carboxylic acids is 2. The first-order valence-electron chi connectivity index (χ1n) is 15.3. The molecule has 0 N–H and O–H groups in total. The van der Waals surface area contributed by atoms with Crippen molar-refractivity contribution >= 4 is 17.5 Å². The number of nitrogens with zero attached hydrogens (tertiary/aromatic N) is 4. The van der Waals surface area contributed by atoms with Gasteiger partial charge in [0.1, 0.15) is 5.75 Å². The quantitative estimate of drug-likeness (QED) is 0.423. The van der Waals surface area contributed by atoms with E-state index in [1.807, 2.05) is 46.2 Å². The average molecular weight is 569 g/mol. The Labute approximate surface area is 250 Å². The van der Waals surface area contributed by atoms with Crippen molar-refractivity contribution in [2.45, 2.75) is 52.7 Å². The second-order valence-electron chi connectivity index (χ2n) is 11.8. The maximum Gasteiger partial charge on any atom is 0.264 e. The van der Waals surface area contributed by atoms with E-state index in [9.17, 15) is 9.59 Å². The molecule has 7 heteroatoms. The van der Waals surface area contributed by atoms with E-state index >= 15 is 0 Å². The first-order chi connectivity index (χ1) is 20.4. The third-order valence-electron chi connectivity index (χ3n) is 8.49. The van der Waals surface area contributed by atoms with Crippen molar-refractivity contribution in [3.05, 3.63) is 95.1 Å². The van der Waals surface area contributed by atoms with Crippen LogP contribution in [0.4, 0.5) is 5.69 Å². The summed E-state index contributed by atoms with van der Waals surface area (Å²) in [6.45, 7) is 11.9. The van der Waals surface area contributed by atoms with E-state index in [0.29, 0.717) is 38.0 Å². The first-order valence-corrected chi connectivity index (χ1v) is 15.3. The number of fused-ring (bicyclic) bond motifs is 2. The number of anilines is 1. The summed E-state index contributed by atoms with van der Waals surface area (Å²) in [6, 6.07) is 24.5. The molecule has 0 aromatic heterocycles. The molecule has 3 aromatic carbocycles. The molecule has 5 rings (SSSR count). The molecule has 2 heterocycles. The average Bonchev–Trinajstić information content (AvgIpc) is 3.03. The third kappa shape index (κ3) is 7.39. The first kappa shape index (κ1) is 29.8. The molecule has 3 aromatic rings. The number of rotatable bonds is 6. The molecule has 0 saturated carbocycles. The van der Waals surface area contributed by atoms with Crippen LogP contribution in [0.1, 0.15) is 42.5 Å². The van der Waals surface area contributed by atoms with Crippen molar-refractivity contribution in [1.29, 1.82) is 0 Å². The standard InChI is InChI=1S/C35H44N4O3/c1-27(2)37-18-10-19-39(34(41)26-42-32-15-5-4-6-16-32)35-28(3)11-9-14-31(35)24-38(22-21-37)33(40)25-36-20-17-29-12-7-8-13-30(29)23-36/h4-9,11-16,27H,10,17-26H2,1-3H3. The van der Waals surface area contributed by atoms with Gasteiger partial charge in [-0.15, -0.1) is 0 Å². The van der Waals surface area contributed by atoms with E-state index in [-0.39, 0.29) is 18.4 Å². The van der Waals surface area contributed by atoms with Gasteiger partial charge in [0.05, 0.1) is 12.2 Å². The molecule has 0 spiro atoms. The zero-order valence-electron chi connectivity index (χ0n) is 25.3. The number of aryl methyl sites for hydroxylation is 1. The predicted molar refractivity (Wildman–Crippen MR) is 168 cm³/mol. The van der Waals surface area contributed by atoms with Crippen molar-refractivity contribution in [2.24, 2.45) is 0 Å². The summed E-state index contributed by atoms with van der Waals surface area (Å²) in [4.78, 5) is 36.2. The van der Waals surface area contributed by atoms with Crippen LogP contribution in [-0.4, -0.2) is 78.4 Å². The third-order valence-corrected chi connectivity index (χ3v) is 8.49. The van der Waals surface area contributed by atoms with Gasteiger partial charge in [0.25, 0.3) is 5.91 Å². The number of amides is 2. The molecule has 0 atom stereocenters. The molecule has 7 nitrogen and oxygen atoms in total. The lowest BCUT2D eigenvalue weighted by Gasteiger charge is -2.33. The molecule has 42 heavy (non-hydrogen) atoms. The number of para-hydroxylation sites is 2. The van der Waals surface area contributed by atoms with Crippen molar-refractivity contribution in [1.82, 2.24) is 14.7 Å². The van der Waals surface area contributed by atoms with Crippen LogP contribution in [0.5, 0.6) is 5.75 Å². The number of carbonyl (C=O) groups is 2. The highest BCUT2D eigenvalue weighted by atomic mass is 16.5. The number of hydrogen-bond donors (Lipinski definition) is 0. The van der Waals surface area contributed by atoms with Crippen LogP contribution in [0.3, 0.4) is 0 Å². The topological polar surface area (TPSA) is 56.3 Å².